The van der Waals surface area contributed by atoms with Gasteiger partial charge in [0.05, 0.1) is 38.5 Å². The average molecular weight is 316 g/mol. The molecule has 7 nitrogen and oxygen atoms in total. The van der Waals surface area contributed by atoms with Gasteiger partial charge in [0.2, 0.25) is 10.0 Å². The van der Waals surface area contributed by atoms with Gasteiger partial charge in [-0.1, -0.05) is 6.92 Å². The number of piperazine rings is 1. The molecule has 1 aromatic rings. The molecule has 118 valence electrons. The fraction of sp³-hybridized carbons (Fsp3) is 0.615. The minimum Gasteiger partial charge on any atom is -0.391 e. The summed E-state index contributed by atoms with van der Waals surface area (Å²) in [4.78, 5) is 6.59. The molecular weight excluding hydrogens is 292 g/mol. The van der Waals surface area contributed by atoms with Crippen LogP contribution >= 0.6 is 0 Å². The number of hydrogen-bond acceptors (Lipinski definition) is 4. The molecule has 8 heteroatoms. The summed E-state index contributed by atoms with van der Waals surface area (Å²) in [6, 6.07) is 1.81. The Morgan fingerprint density at radius 3 is 2.76 bits per heavy atom. The molecule has 0 unspecified atom stereocenters. The molecule has 1 aliphatic rings. The molecule has 21 heavy (non-hydrogen) atoms. The number of nitrogens with zero attached hydrogens (tertiary/aromatic N) is 1. The van der Waals surface area contributed by atoms with Gasteiger partial charge in [-0.05, 0) is 0 Å². The molecule has 0 spiro atoms. The molecule has 1 aromatic heterocycles. The van der Waals surface area contributed by atoms with Gasteiger partial charge in [-0.2, -0.15) is 0 Å². The van der Waals surface area contributed by atoms with Crippen LogP contribution in [0.25, 0.3) is 0 Å². The van der Waals surface area contributed by atoms with Crippen molar-refractivity contribution in [3.8, 4) is 0 Å². The van der Waals surface area contributed by atoms with Crippen molar-refractivity contribution in [3.05, 3.63) is 18.5 Å². The summed E-state index contributed by atoms with van der Waals surface area (Å²) < 4.78 is 27.1. The molecule has 0 amide bonds. The Hall–Kier alpha value is -1.22. The highest BCUT2D eigenvalue weighted by Crippen LogP contribution is 2.22. The largest absolute Gasteiger partial charge is 0.391 e. The second-order valence-corrected chi connectivity index (χ2v) is 6.84. The third kappa shape index (κ3) is 3.91. The SMILES string of the molecule is CCNS(=O)(=O)c1c[nH+]ccc1N1CC[NH+](CCO)CC1. The quantitative estimate of drug-likeness (QED) is 0.541. The van der Waals surface area contributed by atoms with E-state index in [4.69, 9.17) is 5.11 Å². The lowest BCUT2D eigenvalue weighted by Gasteiger charge is -2.33. The summed E-state index contributed by atoms with van der Waals surface area (Å²) in [6.45, 7) is 6.45. The van der Waals surface area contributed by atoms with E-state index in [1.165, 1.54) is 11.1 Å². The highest BCUT2D eigenvalue weighted by molar-refractivity contribution is 7.89. The number of aliphatic hydroxyl groups excluding tert-OH is 1. The molecule has 1 aliphatic heterocycles. The molecule has 0 aliphatic carbocycles. The van der Waals surface area contributed by atoms with Crippen LogP contribution in [0.4, 0.5) is 5.69 Å². The maximum absolute atomic E-state index is 12.3. The molecule has 0 atom stereocenters. The van der Waals surface area contributed by atoms with Crippen LogP contribution in [0.15, 0.2) is 23.4 Å². The number of aliphatic hydroxyl groups is 1. The minimum atomic E-state index is -3.48. The highest BCUT2D eigenvalue weighted by atomic mass is 32.2. The van der Waals surface area contributed by atoms with Gasteiger partial charge in [0.15, 0.2) is 17.3 Å². The molecule has 2 rings (SSSR count). The van der Waals surface area contributed by atoms with Crippen LogP contribution in [0.1, 0.15) is 6.92 Å². The lowest BCUT2D eigenvalue weighted by Crippen LogP contribution is -3.15. The summed E-state index contributed by atoms with van der Waals surface area (Å²) in [7, 11) is -3.48. The maximum atomic E-state index is 12.3. The Bertz CT molecular complexity index is 556. The molecule has 1 fully saturated rings. The Morgan fingerprint density at radius 1 is 1.43 bits per heavy atom. The van der Waals surface area contributed by atoms with E-state index in [2.05, 4.69) is 14.6 Å². The Morgan fingerprint density at radius 2 is 2.14 bits per heavy atom. The molecule has 0 saturated carbocycles. The normalized spacial score (nSPS) is 17.1. The summed E-state index contributed by atoms with van der Waals surface area (Å²) in [6.07, 6.45) is 3.27. The van der Waals surface area contributed by atoms with Crippen molar-refractivity contribution in [2.24, 2.45) is 0 Å². The number of quaternary nitrogens is 1. The van der Waals surface area contributed by atoms with E-state index in [9.17, 15) is 8.42 Å². The molecule has 2 heterocycles. The number of hydrogen-bond donors (Lipinski definition) is 3. The fourth-order valence-electron chi connectivity index (χ4n) is 2.62. The number of aromatic nitrogens is 1. The number of nitrogens with one attached hydrogen (secondary N) is 3. The van der Waals surface area contributed by atoms with Crippen LogP contribution in [0.5, 0.6) is 0 Å². The molecule has 1 saturated heterocycles. The summed E-state index contributed by atoms with van der Waals surface area (Å²) in [5, 5.41) is 8.99. The van der Waals surface area contributed by atoms with Crippen molar-refractivity contribution in [1.29, 1.82) is 0 Å². The molecule has 0 bridgehead atoms. The Labute approximate surface area is 125 Å². The number of aromatic amines is 1. The molecule has 4 N–H and O–H groups in total. The summed E-state index contributed by atoms with van der Waals surface area (Å²) in [5.41, 5.74) is 0.734. The highest BCUT2D eigenvalue weighted by Gasteiger charge is 2.27. The Balaban J connectivity index is 2.18. The first-order chi connectivity index (χ1) is 10.1. The van der Waals surface area contributed by atoms with E-state index in [1.54, 1.807) is 19.2 Å². The van der Waals surface area contributed by atoms with Gasteiger partial charge in [-0.15, -0.1) is 0 Å². The van der Waals surface area contributed by atoms with Gasteiger partial charge in [0, 0.05) is 12.6 Å². The zero-order chi connectivity index (χ0) is 15.3. The first kappa shape index (κ1) is 16.2. The monoisotopic (exact) mass is 316 g/mol. The van der Waals surface area contributed by atoms with Crippen molar-refractivity contribution < 1.29 is 23.4 Å². The predicted molar refractivity (Wildman–Crippen MR) is 78.7 cm³/mol. The number of H-pyrrole nitrogens is 1. The lowest BCUT2D eigenvalue weighted by atomic mass is 10.2. The van der Waals surface area contributed by atoms with E-state index >= 15 is 0 Å². The zero-order valence-corrected chi connectivity index (χ0v) is 13.1. The van der Waals surface area contributed by atoms with Crippen molar-refractivity contribution >= 4 is 15.7 Å². The van der Waals surface area contributed by atoms with Crippen LogP contribution in [0, 0.1) is 0 Å². The average Bonchev–Trinajstić information content (AvgIpc) is 2.48. The van der Waals surface area contributed by atoms with Gasteiger partial charge in [-0.3, -0.25) is 0 Å². The third-order valence-electron chi connectivity index (χ3n) is 3.70. The maximum Gasteiger partial charge on any atom is 0.248 e. The second kappa shape index (κ2) is 7.17. The van der Waals surface area contributed by atoms with E-state index in [-0.39, 0.29) is 11.5 Å². The van der Waals surface area contributed by atoms with Crippen molar-refractivity contribution in [3.63, 3.8) is 0 Å². The zero-order valence-electron chi connectivity index (χ0n) is 12.3. The van der Waals surface area contributed by atoms with E-state index in [1.807, 2.05) is 0 Å². The van der Waals surface area contributed by atoms with E-state index < -0.39 is 10.0 Å². The standard InChI is InChI=1S/C13H22N4O3S/c1-2-15-21(19,20)13-11-14-4-3-12(13)17-7-5-16(6-8-17)9-10-18/h3-4,11,15,18H,2,5-10H2,1H3/p+2. The Kier molecular flexibility index (Phi) is 5.51. The second-order valence-electron chi connectivity index (χ2n) is 5.11. The first-order valence-electron chi connectivity index (χ1n) is 7.27. The van der Waals surface area contributed by atoms with Gasteiger partial charge in [0.25, 0.3) is 0 Å². The first-order valence-corrected chi connectivity index (χ1v) is 8.76. The smallest absolute Gasteiger partial charge is 0.248 e. The number of sulfonamides is 1. The molecule has 0 aromatic carbocycles. The molecular formula is C13H24N4O3S+2. The van der Waals surface area contributed by atoms with Crippen LogP contribution in [0.2, 0.25) is 0 Å². The van der Waals surface area contributed by atoms with Gasteiger partial charge >= 0.3 is 0 Å². The molecule has 0 radical (unpaired) electrons. The van der Waals surface area contributed by atoms with E-state index in [0.717, 1.165) is 38.4 Å². The summed E-state index contributed by atoms with van der Waals surface area (Å²) >= 11 is 0. The topological polar surface area (TPSA) is 88.2 Å². The van der Waals surface area contributed by atoms with Crippen LogP contribution in [0.3, 0.4) is 0 Å². The van der Waals surface area contributed by atoms with Crippen LogP contribution in [-0.4, -0.2) is 59.4 Å². The van der Waals surface area contributed by atoms with Crippen molar-refractivity contribution in [2.45, 2.75) is 11.8 Å². The van der Waals surface area contributed by atoms with Crippen LogP contribution < -0.4 is 19.5 Å². The number of anilines is 1. The number of rotatable bonds is 6. The van der Waals surface area contributed by atoms with Gasteiger partial charge in [0.1, 0.15) is 6.54 Å². The van der Waals surface area contributed by atoms with Crippen molar-refractivity contribution in [1.82, 2.24) is 4.72 Å². The predicted octanol–water partition coefficient (Wildman–Crippen LogP) is -2.50. The summed E-state index contributed by atoms with van der Waals surface area (Å²) in [5.74, 6) is 0. The lowest BCUT2D eigenvalue weighted by molar-refractivity contribution is -0.900. The van der Waals surface area contributed by atoms with E-state index in [0.29, 0.717) is 6.54 Å². The fourth-order valence-corrected chi connectivity index (χ4v) is 3.85. The van der Waals surface area contributed by atoms with Gasteiger partial charge < -0.3 is 14.9 Å². The number of pyridine rings is 1. The minimum absolute atomic E-state index is 0.190. The third-order valence-corrected chi connectivity index (χ3v) is 5.28. The van der Waals surface area contributed by atoms with Gasteiger partial charge in [-0.25, -0.2) is 18.1 Å². The van der Waals surface area contributed by atoms with Crippen LogP contribution in [-0.2, 0) is 10.0 Å². The van der Waals surface area contributed by atoms with Crippen molar-refractivity contribution in [2.75, 3.05) is 50.8 Å².